The molecule has 8 heteroatoms. The van der Waals surface area contributed by atoms with Crippen molar-refractivity contribution in [2.45, 2.75) is 26.8 Å². The van der Waals surface area contributed by atoms with Crippen molar-refractivity contribution in [2.75, 3.05) is 11.4 Å². The minimum atomic E-state index is -0.422. The largest absolute Gasteiger partial charge is 0.368 e. The number of hydrogen-bond acceptors (Lipinski definition) is 5. The molecule has 2 aromatic heterocycles. The summed E-state index contributed by atoms with van der Waals surface area (Å²) in [5.41, 5.74) is 6.03. The number of nitrogens with two attached hydrogens (primary N) is 1. The van der Waals surface area contributed by atoms with E-state index in [2.05, 4.69) is 15.1 Å². The second-order valence-corrected chi connectivity index (χ2v) is 4.87. The number of carbonyl (C=O) groups is 1. The summed E-state index contributed by atoms with van der Waals surface area (Å²) in [5.74, 6) is 0.649. The summed E-state index contributed by atoms with van der Waals surface area (Å²) in [5, 5.41) is 4.46. The Morgan fingerprint density at radius 1 is 1.58 bits per heavy atom. The van der Waals surface area contributed by atoms with E-state index >= 15 is 0 Å². The molecule has 1 amide bonds. The van der Waals surface area contributed by atoms with Crippen LogP contribution in [0, 0.1) is 6.92 Å². The molecule has 102 valence electrons. The SMILES string of the molecule is Cc1c(Cl)nc2ncnn2c1N(CC(N)=O)C(C)C. The summed E-state index contributed by atoms with van der Waals surface area (Å²) in [7, 11) is 0. The molecular weight excluding hydrogens is 268 g/mol. The van der Waals surface area contributed by atoms with Gasteiger partial charge in [0.1, 0.15) is 17.3 Å². The second-order valence-electron chi connectivity index (χ2n) is 4.51. The van der Waals surface area contributed by atoms with Gasteiger partial charge in [-0.1, -0.05) is 11.6 Å². The van der Waals surface area contributed by atoms with Crippen LogP contribution in [0.5, 0.6) is 0 Å². The lowest BCUT2D eigenvalue weighted by molar-refractivity contribution is -0.116. The van der Waals surface area contributed by atoms with Crippen LogP contribution in [0.4, 0.5) is 5.82 Å². The average molecular weight is 283 g/mol. The minimum Gasteiger partial charge on any atom is -0.368 e. The Kier molecular flexibility index (Phi) is 3.57. The average Bonchev–Trinajstić information content (AvgIpc) is 2.75. The number of aromatic nitrogens is 4. The predicted octanol–water partition coefficient (Wildman–Crippen LogP) is 0.786. The van der Waals surface area contributed by atoms with Gasteiger partial charge >= 0.3 is 0 Å². The molecule has 0 aliphatic rings. The number of carbonyl (C=O) groups excluding carboxylic acids is 1. The number of halogens is 1. The zero-order valence-corrected chi connectivity index (χ0v) is 11.7. The lowest BCUT2D eigenvalue weighted by atomic mass is 10.2. The quantitative estimate of drug-likeness (QED) is 0.837. The monoisotopic (exact) mass is 282 g/mol. The molecule has 0 atom stereocenters. The number of anilines is 1. The van der Waals surface area contributed by atoms with Crippen LogP contribution in [0.1, 0.15) is 19.4 Å². The standard InChI is InChI=1S/C11H15ClN6O/c1-6(2)17(4-8(13)19)10-7(3)9(12)16-11-14-5-15-18(10)11/h5-6H,4H2,1-3H3,(H2,13,19). The fourth-order valence-electron chi connectivity index (χ4n) is 1.89. The van der Waals surface area contributed by atoms with Gasteiger partial charge in [0.2, 0.25) is 5.91 Å². The first-order valence-electron chi connectivity index (χ1n) is 5.82. The molecule has 0 fully saturated rings. The van der Waals surface area contributed by atoms with Crippen LogP contribution in [-0.2, 0) is 4.79 Å². The van der Waals surface area contributed by atoms with E-state index in [9.17, 15) is 4.79 Å². The summed E-state index contributed by atoms with van der Waals surface area (Å²) in [4.78, 5) is 21.2. The van der Waals surface area contributed by atoms with Crippen molar-refractivity contribution in [2.24, 2.45) is 5.73 Å². The van der Waals surface area contributed by atoms with E-state index in [0.29, 0.717) is 16.7 Å². The number of hydrogen-bond donors (Lipinski definition) is 1. The fraction of sp³-hybridized carbons (Fsp3) is 0.455. The van der Waals surface area contributed by atoms with E-state index in [4.69, 9.17) is 17.3 Å². The number of primary amides is 1. The molecular formula is C11H15ClN6O. The molecule has 2 N–H and O–H groups in total. The lowest BCUT2D eigenvalue weighted by Gasteiger charge is -2.29. The zero-order chi connectivity index (χ0) is 14.2. The minimum absolute atomic E-state index is 0.0528. The first-order valence-corrected chi connectivity index (χ1v) is 6.20. The Morgan fingerprint density at radius 3 is 2.84 bits per heavy atom. The molecule has 2 rings (SSSR count). The van der Waals surface area contributed by atoms with Crippen LogP contribution in [0.3, 0.4) is 0 Å². The third kappa shape index (κ3) is 2.46. The molecule has 0 aliphatic carbocycles. The van der Waals surface area contributed by atoms with Crippen LogP contribution in [0.15, 0.2) is 6.33 Å². The molecule has 2 aromatic rings. The van der Waals surface area contributed by atoms with Gasteiger partial charge in [-0.3, -0.25) is 4.79 Å². The van der Waals surface area contributed by atoms with Crippen LogP contribution in [0.2, 0.25) is 5.15 Å². The van der Waals surface area contributed by atoms with Crippen molar-refractivity contribution in [1.29, 1.82) is 0 Å². The van der Waals surface area contributed by atoms with E-state index in [1.807, 2.05) is 25.7 Å². The smallest absolute Gasteiger partial charge is 0.255 e. The normalized spacial score (nSPS) is 11.2. The molecule has 0 saturated heterocycles. The van der Waals surface area contributed by atoms with Crippen LogP contribution in [0.25, 0.3) is 5.78 Å². The molecule has 0 saturated carbocycles. The predicted molar refractivity (Wildman–Crippen MR) is 72.2 cm³/mol. The topological polar surface area (TPSA) is 89.4 Å². The summed E-state index contributed by atoms with van der Waals surface area (Å²) in [6.45, 7) is 5.81. The van der Waals surface area contributed by atoms with Gasteiger partial charge in [0.05, 0.1) is 6.54 Å². The first-order chi connectivity index (χ1) is 8.91. The Bertz CT molecular complexity index is 623. The molecule has 2 heterocycles. The van der Waals surface area contributed by atoms with Crippen molar-refractivity contribution in [3.63, 3.8) is 0 Å². The summed E-state index contributed by atoms with van der Waals surface area (Å²) in [6, 6.07) is 0.0528. The van der Waals surface area contributed by atoms with Gasteiger partial charge < -0.3 is 10.6 Å². The summed E-state index contributed by atoms with van der Waals surface area (Å²) < 4.78 is 1.56. The highest BCUT2D eigenvalue weighted by Gasteiger charge is 2.21. The Hall–Kier alpha value is -1.89. The molecule has 7 nitrogen and oxygen atoms in total. The molecule has 0 bridgehead atoms. The zero-order valence-electron chi connectivity index (χ0n) is 11.0. The van der Waals surface area contributed by atoms with Crippen LogP contribution < -0.4 is 10.6 Å². The van der Waals surface area contributed by atoms with Gasteiger partial charge in [0.25, 0.3) is 5.78 Å². The number of nitrogens with zero attached hydrogens (tertiary/aromatic N) is 5. The van der Waals surface area contributed by atoms with Crippen molar-refractivity contribution in [3.05, 3.63) is 17.0 Å². The number of fused-ring (bicyclic) bond motifs is 1. The van der Waals surface area contributed by atoms with E-state index in [1.165, 1.54) is 6.33 Å². The highest BCUT2D eigenvalue weighted by atomic mass is 35.5. The Balaban J connectivity index is 2.66. The Labute approximate surface area is 115 Å². The highest BCUT2D eigenvalue weighted by Crippen LogP contribution is 2.26. The highest BCUT2D eigenvalue weighted by molar-refractivity contribution is 6.30. The van der Waals surface area contributed by atoms with E-state index in [1.54, 1.807) is 4.52 Å². The maximum absolute atomic E-state index is 11.2. The molecule has 0 radical (unpaired) electrons. The second kappa shape index (κ2) is 5.00. The van der Waals surface area contributed by atoms with Crippen LogP contribution in [-0.4, -0.2) is 38.1 Å². The van der Waals surface area contributed by atoms with Gasteiger partial charge in [0, 0.05) is 11.6 Å². The molecule has 0 unspecified atom stereocenters. The van der Waals surface area contributed by atoms with Gasteiger partial charge in [0.15, 0.2) is 0 Å². The van der Waals surface area contributed by atoms with Crippen molar-refractivity contribution < 1.29 is 4.79 Å². The van der Waals surface area contributed by atoms with E-state index < -0.39 is 5.91 Å². The van der Waals surface area contributed by atoms with Gasteiger partial charge in [-0.2, -0.15) is 19.6 Å². The molecule has 0 spiro atoms. The van der Waals surface area contributed by atoms with E-state index in [0.717, 1.165) is 5.56 Å². The maximum Gasteiger partial charge on any atom is 0.255 e. The van der Waals surface area contributed by atoms with Crippen molar-refractivity contribution >= 4 is 29.1 Å². The summed E-state index contributed by atoms with van der Waals surface area (Å²) in [6.07, 6.45) is 1.39. The third-order valence-corrected chi connectivity index (χ3v) is 3.16. The van der Waals surface area contributed by atoms with Crippen LogP contribution >= 0.6 is 11.6 Å². The molecule has 0 aromatic carbocycles. The fourth-order valence-corrected chi connectivity index (χ4v) is 2.05. The van der Waals surface area contributed by atoms with Crippen molar-refractivity contribution in [1.82, 2.24) is 19.6 Å². The lowest BCUT2D eigenvalue weighted by Crippen LogP contribution is -2.40. The summed E-state index contributed by atoms with van der Waals surface area (Å²) >= 11 is 6.10. The van der Waals surface area contributed by atoms with Crippen molar-refractivity contribution in [3.8, 4) is 0 Å². The van der Waals surface area contributed by atoms with Gasteiger partial charge in [-0.15, -0.1) is 0 Å². The Morgan fingerprint density at radius 2 is 2.26 bits per heavy atom. The van der Waals surface area contributed by atoms with Gasteiger partial charge in [-0.05, 0) is 20.8 Å². The molecule has 19 heavy (non-hydrogen) atoms. The molecule has 0 aliphatic heterocycles. The number of rotatable bonds is 4. The van der Waals surface area contributed by atoms with Gasteiger partial charge in [-0.25, -0.2) is 0 Å². The third-order valence-electron chi connectivity index (χ3n) is 2.79. The number of amides is 1. The maximum atomic E-state index is 11.2. The first kappa shape index (κ1) is 13.5. The van der Waals surface area contributed by atoms with E-state index in [-0.39, 0.29) is 12.6 Å².